The van der Waals surface area contributed by atoms with Gasteiger partial charge in [0.05, 0.1) is 11.7 Å². The van der Waals surface area contributed by atoms with Gasteiger partial charge in [0.1, 0.15) is 5.69 Å². The summed E-state index contributed by atoms with van der Waals surface area (Å²) in [4.78, 5) is 23.4. The number of pyridine rings is 1. The minimum absolute atomic E-state index is 0.218. The fraction of sp³-hybridized carbons (Fsp3) is 0.294. The average Bonchev–Trinajstić information content (AvgIpc) is 3.38. The monoisotopic (exact) mass is 354 g/mol. The maximum Gasteiger partial charge on any atom is 0.276 e. The molecule has 1 unspecified atom stereocenters. The molecule has 3 aromatic heterocycles. The molecule has 3 aromatic rings. The van der Waals surface area contributed by atoms with Gasteiger partial charge in [0, 0.05) is 30.0 Å². The van der Waals surface area contributed by atoms with Gasteiger partial charge in [-0.2, -0.15) is 5.10 Å². The molecule has 128 valence electrons. The van der Waals surface area contributed by atoms with Gasteiger partial charge >= 0.3 is 0 Å². The van der Waals surface area contributed by atoms with Gasteiger partial charge in [0.2, 0.25) is 0 Å². The van der Waals surface area contributed by atoms with E-state index in [1.54, 1.807) is 18.5 Å². The van der Waals surface area contributed by atoms with Gasteiger partial charge in [-0.15, -0.1) is 11.3 Å². The predicted octanol–water partition coefficient (Wildman–Crippen LogP) is 2.85. The summed E-state index contributed by atoms with van der Waals surface area (Å²) in [6.45, 7) is 1.82. The van der Waals surface area contributed by atoms with Crippen LogP contribution < -0.4 is 5.32 Å². The van der Waals surface area contributed by atoms with E-state index in [0.29, 0.717) is 10.8 Å². The molecule has 0 aliphatic carbocycles. The van der Waals surface area contributed by atoms with Crippen LogP contribution >= 0.6 is 11.3 Å². The van der Waals surface area contributed by atoms with E-state index in [-0.39, 0.29) is 11.9 Å². The number of amides is 1. The highest BCUT2D eigenvalue weighted by Crippen LogP contribution is 2.32. The number of thiazole rings is 1. The zero-order valence-electron chi connectivity index (χ0n) is 13.6. The zero-order valence-corrected chi connectivity index (χ0v) is 14.4. The second-order valence-electron chi connectivity index (χ2n) is 5.95. The summed E-state index contributed by atoms with van der Waals surface area (Å²) in [6.07, 6.45) is 5.59. The van der Waals surface area contributed by atoms with Crippen LogP contribution in [0.3, 0.4) is 0 Å². The lowest BCUT2D eigenvalue weighted by atomic mass is 10.1. The van der Waals surface area contributed by atoms with Crippen molar-refractivity contribution in [3.8, 4) is 0 Å². The average molecular weight is 354 g/mol. The van der Waals surface area contributed by atoms with Crippen LogP contribution in [-0.2, 0) is 6.54 Å². The summed E-state index contributed by atoms with van der Waals surface area (Å²) >= 11 is 1.39. The van der Waals surface area contributed by atoms with Crippen LogP contribution in [0.2, 0.25) is 0 Å². The van der Waals surface area contributed by atoms with Crippen LogP contribution in [0.15, 0.2) is 42.0 Å². The fourth-order valence-electron chi connectivity index (χ4n) is 3.15. The Morgan fingerprint density at radius 1 is 1.36 bits per heavy atom. The van der Waals surface area contributed by atoms with Crippen LogP contribution in [0.4, 0.5) is 5.13 Å². The highest BCUT2D eigenvalue weighted by Gasteiger charge is 2.28. The lowest BCUT2D eigenvalue weighted by molar-refractivity contribution is 0.102. The van der Waals surface area contributed by atoms with Crippen molar-refractivity contribution in [3.63, 3.8) is 0 Å². The van der Waals surface area contributed by atoms with E-state index in [4.69, 9.17) is 0 Å². The molecule has 8 heteroatoms. The molecule has 0 bridgehead atoms. The topological polar surface area (TPSA) is 86.8 Å². The first-order valence-electron chi connectivity index (χ1n) is 8.20. The Morgan fingerprint density at radius 2 is 2.32 bits per heavy atom. The van der Waals surface area contributed by atoms with Crippen molar-refractivity contribution in [1.82, 2.24) is 25.1 Å². The number of likely N-dealkylation sites (tertiary alicyclic amines) is 1. The van der Waals surface area contributed by atoms with Crippen molar-refractivity contribution >= 4 is 22.4 Å². The zero-order chi connectivity index (χ0) is 17.1. The van der Waals surface area contributed by atoms with E-state index in [0.717, 1.165) is 37.3 Å². The van der Waals surface area contributed by atoms with Crippen molar-refractivity contribution in [2.75, 3.05) is 11.9 Å². The number of hydrogen-bond donors (Lipinski definition) is 2. The number of aromatic amines is 1. The summed E-state index contributed by atoms with van der Waals surface area (Å²) in [5.74, 6) is -0.227. The SMILES string of the molecule is O=C(Nc1nccs1)c1cccc(C2CCCN2Cc2ccn[nH]2)n1. The van der Waals surface area contributed by atoms with Crippen molar-refractivity contribution in [2.24, 2.45) is 0 Å². The summed E-state index contributed by atoms with van der Waals surface area (Å²) in [7, 11) is 0. The molecule has 0 spiro atoms. The molecule has 7 nitrogen and oxygen atoms in total. The molecule has 1 saturated heterocycles. The Bertz CT molecular complexity index is 833. The first-order chi connectivity index (χ1) is 12.3. The molecular weight excluding hydrogens is 336 g/mol. The first-order valence-corrected chi connectivity index (χ1v) is 9.07. The van der Waals surface area contributed by atoms with Crippen LogP contribution in [-0.4, -0.2) is 37.5 Å². The number of anilines is 1. The van der Waals surface area contributed by atoms with E-state index in [2.05, 4.69) is 30.4 Å². The predicted molar refractivity (Wildman–Crippen MR) is 95.3 cm³/mol. The highest BCUT2D eigenvalue weighted by molar-refractivity contribution is 7.13. The first kappa shape index (κ1) is 15.9. The molecule has 2 N–H and O–H groups in total. The standard InChI is InChI=1S/C17H18N6OS/c24-16(21-17-18-8-10-25-17)14-4-1-3-13(20-14)15-5-2-9-23(15)11-12-6-7-19-22-12/h1,3-4,6-8,10,15H,2,5,9,11H2,(H,19,22)(H,18,21,24). The van der Waals surface area contributed by atoms with Crippen molar-refractivity contribution in [3.05, 3.63) is 59.1 Å². The molecule has 1 fully saturated rings. The van der Waals surface area contributed by atoms with Gasteiger partial charge in [-0.25, -0.2) is 9.97 Å². The third-order valence-corrected chi connectivity index (χ3v) is 4.98. The number of nitrogens with zero attached hydrogens (tertiary/aromatic N) is 4. The van der Waals surface area contributed by atoms with Crippen LogP contribution in [0.1, 0.15) is 40.8 Å². The van der Waals surface area contributed by atoms with Gasteiger partial charge < -0.3 is 0 Å². The molecule has 0 radical (unpaired) electrons. The maximum atomic E-state index is 12.4. The van der Waals surface area contributed by atoms with E-state index in [9.17, 15) is 4.79 Å². The third kappa shape index (κ3) is 3.59. The summed E-state index contributed by atoms with van der Waals surface area (Å²) in [5, 5.41) is 12.2. The van der Waals surface area contributed by atoms with Crippen molar-refractivity contribution in [1.29, 1.82) is 0 Å². The minimum Gasteiger partial charge on any atom is -0.296 e. The van der Waals surface area contributed by atoms with E-state index in [1.807, 2.05) is 23.6 Å². The van der Waals surface area contributed by atoms with E-state index in [1.165, 1.54) is 11.3 Å². The van der Waals surface area contributed by atoms with Gasteiger partial charge in [0.15, 0.2) is 5.13 Å². The van der Waals surface area contributed by atoms with Crippen LogP contribution in [0, 0.1) is 0 Å². The maximum absolute atomic E-state index is 12.4. The molecule has 0 aromatic carbocycles. The van der Waals surface area contributed by atoms with Crippen molar-refractivity contribution < 1.29 is 4.79 Å². The molecule has 1 amide bonds. The van der Waals surface area contributed by atoms with Crippen LogP contribution in [0.5, 0.6) is 0 Å². The van der Waals surface area contributed by atoms with Gasteiger partial charge in [-0.3, -0.25) is 20.1 Å². The lowest BCUT2D eigenvalue weighted by Gasteiger charge is -2.23. The van der Waals surface area contributed by atoms with Gasteiger partial charge in [0.25, 0.3) is 5.91 Å². The Kier molecular flexibility index (Phi) is 4.53. The largest absolute Gasteiger partial charge is 0.296 e. The Labute approximate surface area is 149 Å². The number of rotatable bonds is 5. The Balaban J connectivity index is 1.51. The molecule has 0 saturated carbocycles. The molecule has 1 atom stereocenters. The molecular formula is C17H18N6OS. The number of H-pyrrole nitrogens is 1. The molecule has 4 rings (SSSR count). The van der Waals surface area contributed by atoms with Crippen LogP contribution in [0.25, 0.3) is 0 Å². The quantitative estimate of drug-likeness (QED) is 0.736. The summed E-state index contributed by atoms with van der Waals surface area (Å²) in [6, 6.07) is 7.83. The number of nitrogens with one attached hydrogen (secondary N) is 2. The molecule has 1 aliphatic heterocycles. The Morgan fingerprint density at radius 3 is 3.12 bits per heavy atom. The Hall–Kier alpha value is -2.58. The molecule has 1 aliphatic rings. The minimum atomic E-state index is -0.227. The normalized spacial score (nSPS) is 17.7. The van der Waals surface area contributed by atoms with E-state index >= 15 is 0 Å². The summed E-state index contributed by atoms with van der Waals surface area (Å²) in [5.41, 5.74) is 2.44. The number of carbonyl (C=O) groups is 1. The smallest absolute Gasteiger partial charge is 0.276 e. The van der Waals surface area contributed by atoms with Gasteiger partial charge in [-0.1, -0.05) is 6.07 Å². The number of carbonyl (C=O) groups excluding carboxylic acids is 1. The fourth-order valence-corrected chi connectivity index (χ4v) is 3.68. The van der Waals surface area contributed by atoms with Crippen molar-refractivity contribution in [2.45, 2.75) is 25.4 Å². The lowest BCUT2D eigenvalue weighted by Crippen LogP contribution is -2.24. The second-order valence-corrected chi connectivity index (χ2v) is 6.84. The second kappa shape index (κ2) is 7.12. The van der Waals surface area contributed by atoms with E-state index < -0.39 is 0 Å². The molecule has 4 heterocycles. The summed E-state index contributed by atoms with van der Waals surface area (Å²) < 4.78 is 0. The van der Waals surface area contributed by atoms with Gasteiger partial charge in [-0.05, 0) is 37.6 Å². The third-order valence-electron chi connectivity index (χ3n) is 4.29. The number of aromatic nitrogens is 4. The highest BCUT2D eigenvalue weighted by atomic mass is 32.1. The number of hydrogen-bond acceptors (Lipinski definition) is 6. The molecule has 25 heavy (non-hydrogen) atoms.